The van der Waals surface area contributed by atoms with Crippen LogP contribution in [0.4, 0.5) is 0 Å². The molecule has 1 rings (SSSR count). The van der Waals surface area contributed by atoms with E-state index in [1.165, 1.54) is 0 Å². The first kappa shape index (κ1) is 6.78. The Morgan fingerprint density at radius 1 is 1.44 bits per heavy atom. The van der Waals surface area contributed by atoms with Gasteiger partial charge in [-0.15, -0.1) is 0 Å². The molecule has 0 unspecified atom stereocenters. The summed E-state index contributed by atoms with van der Waals surface area (Å²) in [6.45, 7) is 8.21. The normalized spacial score (nSPS) is 21.8. The Bertz CT molecular complexity index is 86.9. The molecule has 9 heavy (non-hydrogen) atoms. The van der Waals surface area contributed by atoms with Crippen LogP contribution in [0.1, 0.15) is 0 Å². The van der Waals surface area contributed by atoms with Gasteiger partial charge in [-0.05, 0) is 6.08 Å². The van der Waals surface area contributed by atoms with Crippen molar-refractivity contribution >= 4 is 0 Å². The van der Waals surface area contributed by atoms with Gasteiger partial charge in [-0.25, -0.2) is 0 Å². The largest absolute Gasteiger partial charge is 0.379 e. The molecule has 0 aromatic carbocycles. The Morgan fingerprint density at radius 3 is 2.67 bits per heavy atom. The maximum atomic E-state index is 5.16. The van der Waals surface area contributed by atoms with Gasteiger partial charge in [0.05, 0.1) is 13.2 Å². The van der Waals surface area contributed by atoms with Gasteiger partial charge >= 0.3 is 0 Å². The summed E-state index contributed by atoms with van der Waals surface area (Å²) < 4.78 is 5.16. The Balaban J connectivity index is 2.15. The molecule has 2 heteroatoms. The fourth-order valence-corrected chi connectivity index (χ4v) is 0.917. The lowest BCUT2D eigenvalue weighted by molar-refractivity contribution is 0.0427. The molecule has 0 bridgehead atoms. The van der Waals surface area contributed by atoms with Gasteiger partial charge in [0, 0.05) is 19.6 Å². The van der Waals surface area contributed by atoms with Gasteiger partial charge in [-0.3, -0.25) is 4.90 Å². The number of nitrogens with zero attached hydrogens (tertiary/aromatic N) is 1. The third-order valence-corrected chi connectivity index (χ3v) is 1.44. The Kier molecular flexibility index (Phi) is 2.74. The molecule has 1 radical (unpaired) electrons. The summed E-state index contributed by atoms with van der Waals surface area (Å²) in [6, 6.07) is 0. The summed E-state index contributed by atoms with van der Waals surface area (Å²) in [5.41, 5.74) is 0. The average Bonchev–Trinajstić information content (AvgIpc) is 1.91. The van der Waals surface area contributed by atoms with E-state index in [0.717, 1.165) is 32.8 Å². The number of rotatable bonds is 2. The molecule has 1 saturated heterocycles. The van der Waals surface area contributed by atoms with Crippen molar-refractivity contribution in [2.24, 2.45) is 0 Å². The fraction of sp³-hybridized carbons (Fsp3) is 0.714. The maximum absolute atomic E-state index is 5.16. The molecule has 1 aliphatic rings. The highest BCUT2D eigenvalue weighted by molar-refractivity contribution is 4.67. The van der Waals surface area contributed by atoms with Gasteiger partial charge in [0.15, 0.2) is 0 Å². The van der Waals surface area contributed by atoms with Crippen LogP contribution in [0.15, 0.2) is 6.58 Å². The lowest BCUT2D eigenvalue weighted by atomic mass is 10.4. The van der Waals surface area contributed by atoms with Crippen molar-refractivity contribution in [3.8, 4) is 0 Å². The molecule has 0 N–H and O–H groups in total. The highest BCUT2D eigenvalue weighted by Gasteiger charge is 2.06. The number of ether oxygens (including phenoxy) is 1. The van der Waals surface area contributed by atoms with E-state index < -0.39 is 0 Å². The van der Waals surface area contributed by atoms with Crippen LogP contribution < -0.4 is 0 Å². The smallest absolute Gasteiger partial charge is 0.0594 e. The molecule has 0 amide bonds. The number of hydrogen-bond acceptors (Lipinski definition) is 2. The van der Waals surface area contributed by atoms with Crippen LogP contribution in [-0.2, 0) is 4.74 Å². The summed E-state index contributed by atoms with van der Waals surface area (Å²) in [5, 5.41) is 0. The average molecular weight is 126 g/mol. The van der Waals surface area contributed by atoms with Gasteiger partial charge in [0.25, 0.3) is 0 Å². The monoisotopic (exact) mass is 126 g/mol. The van der Waals surface area contributed by atoms with Crippen molar-refractivity contribution in [1.29, 1.82) is 0 Å². The van der Waals surface area contributed by atoms with Gasteiger partial charge in [0.2, 0.25) is 0 Å². The fourth-order valence-electron chi connectivity index (χ4n) is 0.917. The van der Waals surface area contributed by atoms with Crippen LogP contribution in [0.2, 0.25) is 0 Å². The van der Waals surface area contributed by atoms with E-state index in [0.29, 0.717) is 0 Å². The molecule has 0 atom stereocenters. The predicted molar refractivity (Wildman–Crippen MR) is 36.1 cm³/mol. The van der Waals surface area contributed by atoms with E-state index in [9.17, 15) is 0 Å². The molecule has 1 heterocycles. The zero-order valence-electron chi connectivity index (χ0n) is 5.60. The maximum Gasteiger partial charge on any atom is 0.0594 e. The molecule has 0 spiro atoms. The lowest BCUT2D eigenvalue weighted by Gasteiger charge is -2.24. The first-order valence-corrected chi connectivity index (χ1v) is 3.23. The minimum absolute atomic E-state index is 0.863. The van der Waals surface area contributed by atoms with Crippen LogP contribution in [0, 0.1) is 6.08 Å². The van der Waals surface area contributed by atoms with Crippen molar-refractivity contribution in [1.82, 2.24) is 4.90 Å². The standard InChI is InChI=1S/C7H12NO/c1-2-3-8-4-6-9-7-5-8/h1,3-7H2. The summed E-state index contributed by atoms with van der Waals surface area (Å²) in [7, 11) is 0. The van der Waals surface area contributed by atoms with Crippen LogP contribution in [0.25, 0.3) is 0 Å². The predicted octanol–water partition coefficient (Wildman–Crippen LogP) is 0.308. The van der Waals surface area contributed by atoms with E-state index in [1.54, 1.807) is 0 Å². The third kappa shape index (κ3) is 2.16. The van der Waals surface area contributed by atoms with E-state index in [1.807, 2.05) is 0 Å². The second kappa shape index (κ2) is 3.64. The quantitative estimate of drug-likeness (QED) is 0.528. The zero-order valence-corrected chi connectivity index (χ0v) is 5.60. The lowest BCUT2D eigenvalue weighted by Crippen LogP contribution is -2.36. The Hall–Kier alpha value is -0.340. The van der Waals surface area contributed by atoms with Crippen LogP contribution in [0.5, 0.6) is 0 Å². The summed E-state index contributed by atoms with van der Waals surface area (Å²) in [4.78, 5) is 2.27. The van der Waals surface area contributed by atoms with Crippen molar-refractivity contribution < 1.29 is 4.74 Å². The minimum Gasteiger partial charge on any atom is -0.379 e. The van der Waals surface area contributed by atoms with Crippen molar-refractivity contribution in [3.63, 3.8) is 0 Å². The molecule has 0 aliphatic carbocycles. The summed E-state index contributed by atoms with van der Waals surface area (Å²) >= 11 is 0. The van der Waals surface area contributed by atoms with Crippen molar-refractivity contribution in [2.75, 3.05) is 32.8 Å². The molecular weight excluding hydrogens is 114 g/mol. The second-order valence-corrected chi connectivity index (χ2v) is 2.14. The second-order valence-electron chi connectivity index (χ2n) is 2.14. The minimum atomic E-state index is 0.863. The van der Waals surface area contributed by atoms with Crippen LogP contribution in [-0.4, -0.2) is 37.7 Å². The van der Waals surface area contributed by atoms with Crippen LogP contribution in [0.3, 0.4) is 0 Å². The molecule has 0 aromatic rings. The summed E-state index contributed by atoms with van der Waals surface area (Å²) in [6.07, 6.45) is 2.86. The molecule has 0 aromatic heterocycles. The first-order valence-electron chi connectivity index (χ1n) is 3.23. The molecule has 1 aliphatic heterocycles. The van der Waals surface area contributed by atoms with E-state index >= 15 is 0 Å². The molecule has 2 nitrogen and oxygen atoms in total. The van der Waals surface area contributed by atoms with Gasteiger partial charge in [0.1, 0.15) is 0 Å². The zero-order chi connectivity index (χ0) is 6.53. The molecule has 1 fully saturated rings. The van der Waals surface area contributed by atoms with E-state index in [-0.39, 0.29) is 0 Å². The van der Waals surface area contributed by atoms with Gasteiger partial charge in [-0.1, -0.05) is 6.58 Å². The van der Waals surface area contributed by atoms with Crippen molar-refractivity contribution in [3.05, 3.63) is 12.7 Å². The van der Waals surface area contributed by atoms with Gasteiger partial charge < -0.3 is 4.74 Å². The highest BCUT2D eigenvalue weighted by atomic mass is 16.5. The Morgan fingerprint density at radius 2 is 2.11 bits per heavy atom. The van der Waals surface area contributed by atoms with E-state index in [4.69, 9.17) is 4.74 Å². The van der Waals surface area contributed by atoms with Crippen molar-refractivity contribution in [2.45, 2.75) is 0 Å². The third-order valence-electron chi connectivity index (χ3n) is 1.44. The molecule has 51 valence electrons. The first-order chi connectivity index (χ1) is 4.43. The summed E-state index contributed by atoms with van der Waals surface area (Å²) in [5.74, 6) is 0. The van der Waals surface area contributed by atoms with Crippen LogP contribution >= 0.6 is 0 Å². The number of hydrogen-bond donors (Lipinski definition) is 0. The topological polar surface area (TPSA) is 12.5 Å². The van der Waals surface area contributed by atoms with Gasteiger partial charge in [-0.2, -0.15) is 0 Å². The molecule has 0 saturated carbocycles. The van der Waals surface area contributed by atoms with E-state index in [2.05, 4.69) is 17.6 Å². The molecular formula is C7H12NO. The SMILES string of the molecule is C=[C]CN1CCOCC1. The Labute approximate surface area is 56.1 Å². The number of morpholine rings is 1. The highest BCUT2D eigenvalue weighted by Crippen LogP contribution is 1.94.